The molecule has 104 valence electrons. The molecule has 0 fully saturated rings. The summed E-state index contributed by atoms with van der Waals surface area (Å²) in [5.74, 6) is -1.22. The van der Waals surface area contributed by atoms with E-state index in [0.717, 1.165) is 22.5 Å². The van der Waals surface area contributed by atoms with Crippen LogP contribution >= 0.6 is 0 Å². The van der Waals surface area contributed by atoms with E-state index in [4.69, 9.17) is 0 Å². The van der Waals surface area contributed by atoms with Crippen molar-refractivity contribution in [3.63, 3.8) is 0 Å². The topological polar surface area (TPSA) is 63.1 Å². The van der Waals surface area contributed by atoms with Gasteiger partial charge in [-0.1, -0.05) is 29.8 Å². The second-order valence-corrected chi connectivity index (χ2v) is 5.09. The summed E-state index contributed by atoms with van der Waals surface area (Å²) in [5.41, 5.74) is 3.69. The van der Waals surface area contributed by atoms with Gasteiger partial charge in [-0.15, -0.1) is 0 Å². The quantitative estimate of drug-likeness (QED) is 0.928. The molecule has 20 heavy (non-hydrogen) atoms. The maximum absolute atomic E-state index is 11.5. The average Bonchev–Trinajstić information content (AvgIpc) is 2.34. The molecule has 0 aliphatic heterocycles. The number of aromatic nitrogens is 2. The molecule has 0 aliphatic rings. The highest BCUT2D eigenvalue weighted by Gasteiger charge is 2.23. The molecule has 2 aromatic rings. The van der Waals surface area contributed by atoms with Crippen molar-refractivity contribution in [2.75, 3.05) is 0 Å². The lowest BCUT2D eigenvalue weighted by Gasteiger charge is -2.13. The zero-order chi connectivity index (χ0) is 14.7. The van der Waals surface area contributed by atoms with Gasteiger partial charge in [0.25, 0.3) is 0 Å². The fourth-order valence-electron chi connectivity index (χ4n) is 2.27. The summed E-state index contributed by atoms with van der Waals surface area (Å²) >= 11 is 0. The van der Waals surface area contributed by atoms with Crippen LogP contribution in [0.3, 0.4) is 0 Å². The van der Waals surface area contributed by atoms with Gasteiger partial charge in [-0.25, -0.2) is 9.97 Å². The van der Waals surface area contributed by atoms with Gasteiger partial charge in [0.2, 0.25) is 0 Å². The van der Waals surface area contributed by atoms with E-state index in [1.54, 1.807) is 0 Å². The molecule has 0 saturated heterocycles. The van der Waals surface area contributed by atoms with Gasteiger partial charge in [-0.3, -0.25) is 4.79 Å². The van der Waals surface area contributed by atoms with Gasteiger partial charge in [0.15, 0.2) is 0 Å². The largest absolute Gasteiger partial charge is 0.481 e. The SMILES string of the molecule is Cc1cccc(CC(C(=O)O)c2nc(C)cc(C)n2)c1. The van der Waals surface area contributed by atoms with Crippen LogP contribution in [0.2, 0.25) is 0 Å². The van der Waals surface area contributed by atoms with Gasteiger partial charge in [0.1, 0.15) is 11.7 Å². The number of aryl methyl sites for hydroxylation is 3. The van der Waals surface area contributed by atoms with Crippen molar-refractivity contribution in [2.24, 2.45) is 0 Å². The Kier molecular flexibility index (Phi) is 4.13. The number of aliphatic carboxylic acids is 1. The number of benzene rings is 1. The lowest BCUT2D eigenvalue weighted by Crippen LogP contribution is -2.18. The first-order chi connectivity index (χ1) is 9.45. The molecule has 0 amide bonds. The van der Waals surface area contributed by atoms with Crippen LogP contribution in [0.5, 0.6) is 0 Å². The molecular formula is C16H18N2O2. The third-order valence-corrected chi connectivity index (χ3v) is 3.13. The standard InChI is InChI=1S/C16H18N2O2/c1-10-5-4-6-13(7-10)9-14(16(19)20)15-17-11(2)8-12(3)18-15/h4-8,14H,9H2,1-3H3,(H,19,20). The van der Waals surface area contributed by atoms with E-state index in [-0.39, 0.29) is 0 Å². The van der Waals surface area contributed by atoms with Gasteiger partial charge in [0.05, 0.1) is 0 Å². The Balaban J connectivity index is 2.34. The zero-order valence-electron chi connectivity index (χ0n) is 11.9. The normalized spacial score (nSPS) is 12.2. The summed E-state index contributed by atoms with van der Waals surface area (Å²) in [6, 6.07) is 9.71. The van der Waals surface area contributed by atoms with E-state index >= 15 is 0 Å². The number of nitrogens with zero attached hydrogens (tertiary/aromatic N) is 2. The van der Waals surface area contributed by atoms with Gasteiger partial charge >= 0.3 is 5.97 Å². The first kappa shape index (κ1) is 14.2. The van der Waals surface area contributed by atoms with Crippen LogP contribution < -0.4 is 0 Å². The van der Waals surface area contributed by atoms with Crippen molar-refractivity contribution in [2.45, 2.75) is 33.1 Å². The first-order valence-corrected chi connectivity index (χ1v) is 6.56. The third-order valence-electron chi connectivity index (χ3n) is 3.13. The Morgan fingerprint density at radius 3 is 2.35 bits per heavy atom. The number of carboxylic acid groups (broad SMARTS) is 1. The summed E-state index contributed by atoms with van der Waals surface area (Å²) in [5, 5.41) is 9.46. The maximum Gasteiger partial charge on any atom is 0.314 e. The van der Waals surface area contributed by atoms with Gasteiger partial charge in [-0.05, 0) is 38.8 Å². The second kappa shape index (κ2) is 5.82. The van der Waals surface area contributed by atoms with Crippen LogP contribution in [0.4, 0.5) is 0 Å². The summed E-state index contributed by atoms with van der Waals surface area (Å²) < 4.78 is 0. The van der Waals surface area contributed by atoms with E-state index in [1.165, 1.54) is 0 Å². The fourth-order valence-corrected chi connectivity index (χ4v) is 2.27. The van der Waals surface area contributed by atoms with Crippen LogP contribution in [0, 0.1) is 20.8 Å². The molecule has 0 bridgehead atoms. The molecule has 1 unspecified atom stereocenters. The molecule has 1 aromatic carbocycles. The minimum Gasteiger partial charge on any atom is -0.481 e. The van der Waals surface area contributed by atoms with Crippen LogP contribution in [0.25, 0.3) is 0 Å². The number of carbonyl (C=O) groups is 1. The van der Waals surface area contributed by atoms with Crippen molar-refractivity contribution < 1.29 is 9.90 Å². The Morgan fingerprint density at radius 1 is 1.15 bits per heavy atom. The smallest absolute Gasteiger partial charge is 0.314 e. The molecule has 0 aliphatic carbocycles. The van der Waals surface area contributed by atoms with Crippen LogP contribution in [0.1, 0.15) is 34.3 Å². The molecule has 0 saturated carbocycles. The average molecular weight is 270 g/mol. The van der Waals surface area contributed by atoms with E-state index in [1.807, 2.05) is 51.1 Å². The van der Waals surface area contributed by atoms with Gasteiger partial charge < -0.3 is 5.11 Å². The van der Waals surface area contributed by atoms with Crippen LogP contribution in [0.15, 0.2) is 30.3 Å². The van der Waals surface area contributed by atoms with Crippen molar-refractivity contribution >= 4 is 5.97 Å². The lowest BCUT2D eigenvalue weighted by atomic mass is 9.97. The number of rotatable bonds is 4. The van der Waals surface area contributed by atoms with Crippen LogP contribution in [-0.2, 0) is 11.2 Å². The summed E-state index contributed by atoms with van der Waals surface area (Å²) in [4.78, 5) is 20.1. The minimum atomic E-state index is -0.892. The van der Waals surface area contributed by atoms with E-state index in [2.05, 4.69) is 9.97 Å². The van der Waals surface area contributed by atoms with Crippen molar-refractivity contribution in [1.29, 1.82) is 0 Å². The summed E-state index contributed by atoms with van der Waals surface area (Å²) in [6.45, 7) is 5.69. The molecule has 0 radical (unpaired) electrons. The Hall–Kier alpha value is -2.23. The lowest BCUT2D eigenvalue weighted by molar-refractivity contribution is -0.139. The van der Waals surface area contributed by atoms with Crippen molar-refractivity contribution in [1.82, 2.24) is 9.97 Å². The number of hydrogen-bond donors (Lipinski definition) is 1. The van der Waals surface area contributed by atoms with Crippen LogP contribution in [-0.4, -0.2) is 21.0 Å². The Morgan fingerprint density at radius 2 is 1.80 bits per heavy atom. The predicted octanol–water partition coefficient (Wildman–Crippen LogP) is 2.81. The van der Waals surface area contributed by atoms with Crippen molar-refractivity contribution in [3.05, 3.63) is 58.7 Å². The van der Waals surface area contributed by atoms with E-state index in [0.29, 0.717) is 12.2 Å². The highest BCUT2D eigenvalue weighted by Crippen LogP contribution is 2.19. The minimum absolute atomic E-state index is 0.386. The molecule has 2 rings (SSSR count). The maximum atomic E-state index is 11.5. The molecule has 1 N–H and O–H groups in total. The first-order valence-electron chi connectivity index (χ1n) is 6.56. The monoisotopic (exact) mass is 270 g/mol. The Bertz CT molecular complexity index is 618. The second-order valence-electron chi connectivity index (χ2n) is 5.09. The molecule has 1 aromatic heterocycles. The third kappa shape index (κ3) is 3.41. The van der Waals surface area contributed by atoms with Gasteiger partial charge in [-0.2, -0.15) is 0 Å². The molecule has 4 nitrogen and oxygen atoms in total. The van der Waals surface area contributed by atoms with Gasteiger partial charge in [0, 0.05) is 11.4 Å². The van der Waals surface area contributed by atoms with Crippen molar-refractivity contribution in [3.8, 4) is 0 Å². The molecule has 4 heteroatoms. The zero-order valence-corrected chi connectivity index (χ0v) is 11.9. The van der Waals surface area contributed by atoms with E-state index in [9.17, 15) is 9.90 Å². The Labute approximate surface area is 118 Å². The summed E-state index contributed by atoms with van der Waals surface area (Å²) in [6.07, 6.45) is 0.403. The molecule has 1 atom stereocenters. The fraction of sp³-hybridized carbons (Fsp3) is 0.312. The predicted molar refractivity (Wildman–Crippen MR) is 76.8 cm³/mol. The number of hydrogen-bond acceptors (Lipinski definition) is 3. The highest BCUT2D eigenvalue weighted by molar-refractivity contribution is 5.75. The van der Waals surface area contributed by atoms with E-state index < -0.39 is 11.9 Å². The summed E-state index contributed by atoms with van der Waals surface area (Å²) in [7, 11) is 0. The molecule has 1 heterocycles. The molecule has 0 spiro atoms. The molecular weight excluding hydrogens is 252 g/mol. The number of carboxylic acids is 1. The highest BCUT2D eigenvalue weighted by atomic mass is 16.4.